The molecule has 3 rings (SSSR count). The number of aromatic nitrogens is 3. The highest BCUT2D eigenvalue weighted by Gasteiger charge is 2.17. The van der Waals surface area contributed by atoms with Gasteiger partial charge in [-0.2, -0.15) is 4.98 Å². The summed E-state index contributed by atoms with van der Waals surface area (Å²) in [5.74, 6) is -0.221. The Balaban J connectivity index is 1.62. The highest BCUT2D eigenvalue weighted by atomic mass is 19.1. The van der Waals surface area contributed by atoms with E-state index in [2.05, 4.69) is 20.4 Å². The van der Waals surface area contributed by atoms with E-state index in [9.17, 15) is 9.18 Å². The molecule has 1 aromatic carbocycles. The number of hydrogen-bond acceptors (Lipinski definition) is 5. The summed E-state index contributed by atoms with van der Waals surface area (Å²) in [6, 6.07) is 10.6. The molecule has 6 nitrogen and oxygen atoms in total. The first-order chi connectivity index (χ1) is 11.6. The number of halogens is 1. The number of carbonyl (C=O) groups is 1. The third kappa shape index (κ3) is 3.62. The van der Waals surface area contributed by atoms with E-state index in [1.807, 2.05) is 37.3 Å². The van der Waals surface area contributed by atoms with Gasteiger partial charge in [-0.05, 0) is 6.07 Å². The van der Waals surface area contributed by atoms with Crippen molar-refractivity contribution < 1.29 is 13.7 Å². The van der Waals surface area contributed by atoms with Crippen LogP contribution >= 0.6 is 0 Å². The normalized spacial score (nSPS) is 11.9. The molecule has 122 valence electrons. The lowest BCUT2D eigenvalue weighted by atomic mass is 10.1. The minimum absolute atomic E-state index is 0.165. The molecule has 0 radical (unpaired) electrons. The summed E-state index contributed by atoms with van der Waals surface area (Å²) < 4.78 is 18.3. The molecule has 0 aliphatic rings. The molecule has 0 bridgehead atoms. The second-order valence-electron chi connectivity index (χ2n) is 5.33. The van der Waals surface area contributed by atoms with Gasteiger partial charge in [-0.15, -0.1) is 0 Å². The number of nitrogens with one attached hydrogen (secondary N) is 1. The van der Waals surface area contributed by atoms with Crippen molar-refractivity contribution in [3.8, 4) is 11.4 Å². The van der Waals surface area contributed by atoms with Crippen LogP contribution in [0.3, 0.4) is 0 Å². The lowest BCUT2D eigenvalue weighted by Gasteiger charge is -2.08. The van der Waals surface area contributed by atoms with Gasteiger partial charge < -0.3 is 9.84 Å². The predicted molar refractivity (Wildman–Crippen MR) is 84.7 cm³/mol. The Kier molecular flexibility index (Phi) is 4.60. The second kappa shape index (κ2) is 6.99. The fraction of sp³-hybridized carbons (Fsp3) is 0.176. The van der Waals surface area contributed by atoms with Crippen LogP contribution in [0.4, 0.5) is 4.39 Å². The van der Waals surface area contributed by atoms with E-state index in [1.54, 1.807) is 0 Å². The Bertz CT molecular complexity index is 835. The molecule has 0 fully saturated rings. The topological polar surface area (TPSA) is 80.9 Å². The number of nitrogens with zero attached hydrogens (tertiary/aromatic N) is 3. The van der Waals surface area contributed by atoms with E-state index < -0.39 is 11.7 Å². The molecule has 7 heteroatoms. The van der Waals surface area contributed by atoms with Gasteiger partial charge >= 0.3 is 0 Å². The molecule has 24 heavy (non-hydrogen) atoms. The average molecular weight is 326 g/mol. The summed E-state index contributed by atoms with van der Waals surface area (Å²) in [4.78, 5) is 20.0. The zero-order valence-corrected chi connectivity index (χ0v) is 12.9. The van der Waals surface area contributed by atoms with E-state index in [0.29, 0.717) is 11.7 Å². The minimum atomic E-state index is -0.555. The zero-order chi connectivity index (χ0) is 16.9. The van der Waals surface area contributed by atoms with Gasteiger partial charge in [0.05, 0.1) is 17.7 Å². The molecular formula is C17H15FN4O2. The summed E-state index contributed by atoms with van der Waals surface area (Å²) in [7, 11) is 0. The van der Waals surface area contributed by atoms with E-state index in [0.717, 1.165) is 17.8 Å². The number of hydrogen-bond donors (Lipinski definition) is 1. The fourth-order valence-electron chi connectivity index (χ4n) is 2.11. The molecule has 3 aromatic rings. The third-order valence-corrected chi connectivity index (χ3v) is 3.43. The smallest absolute Gasteiger partial charge is 0.252 e. The molecule has 1 unspecified atom stereocenters. The van der Waals surface area contributed by atoms with Gasteiger partial charge in [0.25, 0.3) is 5.91 Å². The summed E-state index contributed by atoms with van der Waals surface area (Å²) in [5.41, 5.74) is 1.02. The van der Waals surface area contributed by atoms with E-state index in [4.69, 9.17) is 4.52 Å². The van der Waals surface area contributed by atoms with Crippen LogP contribution in [0.15, 0.2) is 53.3 Å². The van der Waals surface area contributed by atoms with Crippen molar-refractivity contribution in [1.29, 1.82) is 0 Å². The minimum Gasteiger partial charge on any atom is -0.351 e. The first-order valence-corrected chi connectivity index (χ1v) is 7.41. The quantitative estimate of drug-likeness (QED) is 0.780. The van der Waals surface area contributed by atoms with Crippen LogP contribution in [0, 0.1) is 5.82 Å². The Hall–Kier alpha value is -3.09. The van der Waals surface area contributed by atoms with E-state index >= 15 is 0 Å². The molecular weight excluding hydrogens is 311 g/mol. The first kappa shape index (κ1) is 15.8. The van der Waals surface area contributed by atoms with E-state index in [1.165, 1.54) is 6.20 Å². The number of benzene rings is 1. The van der Waals surface area contributed by atoms with Crippen LogP contribution in [0.5, 0.6) is 0 Å². The van der Waals surface area contributed by atoms with Crippen LogP contribution in [0.2, 0.25) is 0 Å². The maximum absolute atomic E-state index is 13.1. The van der Waals surface area contributed by atoms with Crippen LogP contribution in [0.25, 0.3) is 11.4 Å². The van der Waals surface area contributed by atoms with Crippen molar-refractivity contribution >= 4 is 5.91 Å². The molecule has 1 amide bonds. The van der Waals surface area contributed by atoms with Crippen molar-refractivity contribution in [2.45, 2.75) is 12.8 Å². The second-order valence-corrected chi connectivity index (χ2v) is 5.33. The third-order valence-electron chi connectivity index (χ3n) is 3.43. The number of carbonyl (C=O) groups excluding carboxylic acids is 1. The molecule has 1 atom stereocenters. The van der Waals surface area contributed by atoms with Crippen LogP contribution in [-0.4, -0.2) is 27.6 Å². The molecule has 2 aromatic heterocycles. The van der Waals surface area contributed by atoms with Gasteiger partial charge in [-0.1, -0.05) is 42.4 Å². The molecule has 0 spiro atoms. The molecule has 0 saturated heterocycles. The fourth-order valence-corrected chi connectivity index (χ4v) is 2.11. The highest BCUT2D eigenvalue weighted by molar-refractivity contribution is 5.93. The largest absolute Gasteiger partial charge is 0.351 e. The Morgan fingerprint density at radius 2 is 2.08 bits per heavy atom. The molecule has 1 N–H and O–H groups in total. The molecule has 2 heterocycles. The summed E-state index contributed by atoms with van der Waals surface area (Å²) in [5, 5.41) is 6.65. The molecule has 0 aliphatic carbocycles. The number of rotatable bonds is 5. The van der Waals surface area contributed by atoms with Gasteiger partial charge in [0.1, 0.15) is 5.82 Å². The average Bonchev–Trinajstić information content (AvgIpc) is 3.10. The molecule has 0 aliphatic heterocycles. The van der Waals surface area contributed by atoms with Crippen molar-refractivity contribution in [1.82, 2.24) is 20.4 Å². The summed E-state index contributed by atoms with van der Waals surface area (Å²) in [6.45, 7) is 2.14. The monoisotopic (exact) mass is 326 g/mol. The standard InChI is InChI=1S/C17H15FN4O2/c1-11(8-20-16(23)13-7-14(18)10-19-9-13)17-21-15(22-24-17)12-5-3-2-4-6-12/h2-7,9-11H,8H2,1H3,(H,20,23). The van der Waals surface area contributed by atoms with Gasteiger partial charge in [0.15, 0.2) is 0 Å². The van der Waals surface area contributed by atoms with Crippen LogP contribution < -0.4 is 5.32 Å². The number of pyridine rings is 1. The zero-order valence-electron chi connectivity index (χ0n) is 12.9. The highest BCUT2D eigenvalue weighted by Crippen LogP contribution is 2.19. The molecule has 0 saturated carbocycles. The SMILES string of the molecule is CC(CNC(=O)c1cncc(F)c1)c1nc(-c2ccccc2)no1. The first-order valence-electron chi connectivity index (χ1n) is 7.41. The summed E-state index contributed by atoms with van der Waals surface area (Å²) in [6.07, 6.45) is 2.35. The van der Waals surface area contributed by atoms with Crippen molar-refractivity contribution in [3.05, 3.63) is 66.1 Å². The van der Waals surface area contributed by atoms with Crippen LogP contribution in [-0.2, 0) is 0 Å². The van der Waals surface area contributed by atoms with Gasteiger partial charge in [0, 0.05) is 18.3 Å². The Morgan fingerprint density at radius 3 is 2.83 bits per heavy atom. The lowest BCUT2D eigenvalue weighted by molar-refractivity contribution is 0.0949. The summed E-state index contributed by atoms with van der Waals surface area (Å²) >= 11 is 0. The lowest BCUT2D eigenvalue weighted by Crippen LogP contribution is -2.27. The van der Waals surface area contributed by atoms with Gasteiger partial charge in [0.2, 0.25) is 11.7 Å². The van der Waals surface area contributed by atoms with Crippen molar-refractivity contribution in [2.24, 2.45) is 0 Å². The van der Waals surface area contributed by atoms with Gasteiger partial charge in [-0.25, -0.2) is 4.39 Å². The Labute approximate surface area is 137 Å². The maximum Gasteiger partial charge on any atom is 0.252 e. The van der Waals surface area contributed by atoms with Crippen molar-refractivity contribution in [2.75, 3.05) is 6.54 Å². The predicted octanol–water partition coefficient (Wildman–Crippen LogP) is 2.80. The maximum atomic E-state index is 13.1. The van der Waals surface area contributed by atoms with Gasteiger partial charge in [-0.3, -0.25) is 9.78 Å². The number of amides is 1. The van der Waals surface area contributed by atoms with Crippen LogP contribution in [0.1, 0.15) is 29.1 Å². The van der Waals surface area contributed by atoms with Crippen molar-refractivity contribution in [3.63, 3.8) is 0 Å². The van der Waals surface area contributed by atoms with E-state index in [-0.39, 0.29) is 18.0 Å². The Morgan fingerprint density at radius 1 is 1.29 bits per heavy atom.